The molecule has 0 unspecified atom stereocenters. The second kappa shape index (κ2) is 14.1. The maximum absolute atomic E-state index is 12.6. The average Bonchev–Trinajstić information content (AvgIpc) is 3.40. The van der Waals surface area contributed by atoms with Gasteiger partial charge in [-0.15, -0.1) is 0 Å². The van der Waals surface area contributed by atoms with E-state index in [1.807, 2.05) is 42.6 Å². The number of hydrogen-bond acceptors (Lipinski definition) is 8. The van der Waals surface area contributed by atoms with Crippen molar-refractivity contribution in [2.75, 3.05) is 20.3 Å². The van der Waals surface area contributed by atoms with Gasteiger partial charge in [0.2, 0.25) is 0 Å². The zero-order valence-electron chi connectivity index (χ0n) is 25.5. The number of urea groups is 1. The molecule has 0 spiro atoms. The van der Waals surface area contributed by atoms with E-state index in [0.29, 0.717) is 29.1 Å². The fourth-order valence-electron chi connectivity index (χ4n) is 5.15. The Morgan fingerprint density at radius 1 is 1.11 bits per heavy atom. The molecule has 1 aliphatic heterocycles. The number of allylic oxidation sites excluding steroid dienone is 1. The van der Waals surface area contributed by atoms with Gasteiger partial charge in [-0.05, 0) is 55.3 Å². The summed E-state index contributed by atoms with van der Waals surface area (Å²) in [6.45, 7) is 3.77. The topological polar surface area (TPSA) is 156 Å². The van der Waals surface area contributed by atoms with Gasteiger partial charge in [-0.3, -0.25) is 4.79 Å². The fraction of sp³-hybridized carbons (Fsp3) is 0.206. The van der Waals surface area contributed by atoms with Crippen LogP contribution in [0.1, 0.15) is 42.1 Å². The Kier molecular flexibility index (Phi) is 9.63. The molecule has 0 fully saturated rings. The number of carbonyl (C=O) groups excluding carboxylic acids is 3. The molecule has 1 aliphatic rings. The first kappa shape index (κ1) is 31.3. The Bertz CT molecular complexity index is 1890. The molecule has 1 atom stereocenters. The van der Waals surface area contributed by atoms with Crippen molar-refractivity contribution in [3.8, 4) is 17.6 Å². The molecule has 2 heterocycles. The quantitative estimate of drug-likeness (QED) is 0.128. The second-order valence-corrected chi connectivity index (χ2v) is 10.3. The fourth-order valence-corrected chi connectivity index (χ4v) is 5.15. The van der Waals surface area contributed by atoms with Crippen LogP contribution in [0.3, 0.4) is 0 Å². The van der Waals surface area contributed by atoms with Gasteiger partial charge in [0, 0.05) is 34.9 Å². The second-order valence-electron chi connectivity index (χ2n) is 10.3. The highest BCUT2D eigenvalue weighted by Crippen LogP contribution is 2.34. The normalized spacial score (nSPS) is 14.4. The molecule has 0 saturated carbocycles. The Balaban J connectivity index is 1.24. The Morgan fingerprint density at radius 2 is 1.89 bits per heavy atom. The number of fused-ring (bicyclic) bond motifs is 1. The third kappa shape index (κ3) is 7.00. The van der Waals surface area contributed by atoms with Crippen molar-refractivity contribution in [2.45, 2.75) is 26.4 Å². The van der Waals surface area contributed by atoms with Crippen molar-refractivity contribution in [1.82, 2.24) is 20.6 Å². The number of nitriles is 1. The molecule has 0 aliphatic carbocycles. The van der Waals surface area contributed by atoms with Gasteiger partial charge in [-0.25, -0.2) is 15.0 Å². The van der Waals surface area contributed by atoms with E-state index in [4.69, 9.17) is 19.5 Å². The van der Waals surface area contributed by atoms with Crippen LogP contribution < -0.4 is 25.5 Å². The minimum absolute atomic E-state index is 0.182. The molecule has 12 nitrogen and oxygen atoms in total. The molecule has 1 aromatic heterocycles. The molecule has 4 aromatic rings. The zero-order chi connectivity index (χ0) is 32.6. The molecule has 5 rings (SSSR count). The molecule has 46 heavy (non-hydrogen) atoms. The number of nitrogens with zero attached hydrogens (tertiary/aromatic N) is 3. The predicted molar refractivity (Wildman–Crippen MR) is 170 cm³/mol. The van der Waals surface area contributed by atoms with Crippen molar-refractivity contribution >= 4 is 35.0 Å². The van der Waals surface area contributed by atoms with E-state index in [1.54, 1.807) is 50.4 Å². The third-order valence-corrected chi connectivity index (χ3v) is 7.29. The van der Waals surface area contributed by atoms with Crippen LogP contribution in [0.5, 0.6) is 11.5 Å². The van der Waals surface area contributed by atoms with Gasteiger partial charge < -0.3 is 29.4 Å². The van der Waals surface area contributed by atoms with Gasteiger partial charge in [0.25, 0.3) is 5.91 Å². The van der Waals surface area contributed by atoms with E-state index in [2.05, 4.69) is 31.8 Å². The highest BCUT2D eigenvalue weighted by molar-refractivity contribution is 6.00. The van der Waals surface area contributed by atoms with Crippen LogP contribution in [-0.4, -0.2) is 49.0 Å². The number of ether oxygens (including phenoxy) is 3. The molecule has 3 aromatic carbocycles. The predicted octanol–water partition coefficient (Wildman–Crippen LogP) is 4.29. The van der Waals surface area contributed by atoms with Crippen LogP contribution in [0.15, 0.2) is 89.3 Å². The number of para-hydroxylation sites is 1. The number of rotatable bonds is 11. The van der Waals surface area contributed by atoms with Crippen LogP contribution >= 0.6 is 0 Å². The van der Waals surface area contributed by atoms with E-state index in [0.717, 1.165) is 22.0 Å². The molecule has 234 valence electrons. The van der Waals surface area contributed by atoms with Crippen LogP contribution in [0.4, 0.5) is 4.79 Å². The summed E-state index contributed by atoms with van der Waals surface area (Å²) in [5, 5.41) is 19.5. The third-order valence-electron chi connectivity index (χ3n) is 7.29. The van der Waals surface area contributed by atoms with Crippen molar-refractivity contribution in [1.29, 1.82) is 5.26 Å². The number of aromatic nitrogens is 1. The highest BCUT2D eigenvalue weighted by atomic mass is 16.5. The number of carbonyl (C=O) groups is 3. The molecule has 0 saturated heterocycles. The number of methoxy groups -OCH3 is 1. The number of nitrogens with one attached hydrogen (secondary N) is 3. The van der Waals surface area contributed by atoms with Crippen LogP contribution in [-0.2, 0) is 20.9 Å². The summed E-state index contributed by atoms with van der Waals surface area (Å²) in [7, 11) is 1.45. The lowest BCUT2D eigenvalue weighted by Gasteiger charge is -2.28. The molecule has 12 heteroatoms. The van der Waals surface area contributed by atoms with Crippen LogP contribution in [0.2, 0.25) is 0 Å². The van der Waals surface area contributed by atoms with E-state index < -0.39 is 23.9 Å². The smallest absolute Gasteiger partial charge is 0.338 e. The largest absolute Gasteiger partial charge is 0.493 e. The van der Waals surface area contributed by atoms with Crippen molar-refractivity contribution < 1.29 is 28.6 Å². The van der Waals surface area contributed by atoms with Gasteiger partial charge in [-0.1, -0.05) is 36.4 Å². The van der Waals surface area contributed by atoms with Gasteiger partial charge >= 0.3 is 12.0 Å². The van der Waals surface area contributed by atoms with Crippen LogP contribution in [0.25, 0.3) is 10.9 Å². The lowest BCUT2D eigenvalue weighted by molar-refractivity contribution is -0.139. The monoisotopic (exact) mass is 620 g/mol. The summed E-state index contributed by atoms with van der Waals surface area (Å²) < 4.78 is 18.5. The number of esters is 1. The molecule has 3 N–H and O–H groups in total. The van der Waals surface area contributed by atoms with E-state index in [1.165, 1.54) is 7.11 Å². The number of hydrazone groups is 1. The van der Waals surface area contributed by atoms with Crippen LogP contribution in [0, 0.1) is 11.3 Å². The van der Waals surface area contributed by atoms with Crippen molar-refractivity contribution in [3.63, 3.8) is 0 Å². The summed E-state index contributed by atoms with van der Waals surface area (Å²) in [5.41, 5.74) is 7.18. The maximum atomic E-state index is 12.6. The Hall–Kier alpha value is -6.09. The lowest BCUT2D eigenvalue weighted by Crippen LogP contribution is -2.45. The molecule has 0 bridgehead atoms. The summed E-state index contributed by atoms with van der Waals surface area (Å²) in [6.07, 6.45) is 3.53. The molecular weight excluding hydrogens is 588 g/mol. The summed E-state index contributed by atoms with van der Waals surface area (Å²) in [4.78, 5) is 37.4. The number of amides is 3. The van der Waals surface area contributed by atoms with Crippen molar-refractivity contribution in [3.05, 3.63) is 106 Å². The first-order valence-electron chi connectivity index (χ1n) is 14.5. The van der Waals surface area contributed by atoms with Gasteiger partial charge in [0.15, 0.2) is 18.1 Å². The number of benzene rings is 3. The van der Waals surface area contributed by atoms with E-state index >= 15 is 0 Å². The van der Waals surface area contributed by atoms with E-state index in [-0.39, 0.29) is 24.5 Å². The minimum atomic E-state index is -0.775. The maximum Gasteiger partial charge on any atom is 0.338 e. The first-order valence-corrected chi connectivity index (χ1v) is 14.5. The lowest BCUT2D eigenvalue weighted by atomic mass is 9.95. The highest BCUT2D eigenvalue weighted by Gasteiger charge is 2.32. The molecule has 3 amide bonds. The van der Waals surface area contributed by atoms with Gasteiger partial charge in [0.05, 0.1) is 43.2 Å². The first-order chi connectivity index (χ1) is 22.3. The number of hydrogen-bond donors (Lipinski definition) is 3. The minimum Gasteiger partial charge on any atom is -0.493 e. The average molecular weight is 621 g/mol. The SMILES string of the molecule is CCOC(=O)C1=C(C)NC(=O)N[C@@H]1c1ccc(OCC(=O)N/N=C/c2cn(Cc3ccc(C#N)cc3)c3ccccc23)c(OC)c1. The molecular formula is C34H32N6O6. The van der Waals surface area contributed by atoms with Gasteiger partial charge in [-0.2, -0.15) is 10.4 Å². The summed E-state index contributed by atoms with van der Waals surface area (Å²) in [5.74, 6) is -0.449. The molecule has 0 radical (unpaired) electrons. The zero-order valence-corrected chi connectivity index (χ0v) is 25.5. The summed E-state index contributed by atoms with van der Waals surface area (Å²) in [6, 6.07) is 21.1. The Morgan fingerprint density at radius 3 is 2.63 bits per heavy atom. The standard InChI is InChI=1S/C34H32N6O6/c1-4-45-33(42)31-21(2)37-34(43)38-32(31)24-13-14-28(29(15-24)44-3)46-20-30(41)39-36-17-25-19-40(27-8-6-5-7-26(25)27)18-23-11-9-22(16-35)10-12-23/h5-15,17,19,32H,4,18,20H2,1-3H3,(H,39,41)(H2,37,38,43)/b36-17+/t32-/m1/s1. The summed E-state index contributed by atoms with van der Waals surface area (Å²) >= 11 is 0. The van der Waals surface area contributed by atoms with Gasteiger partial charge in [0.1, 0.15) is 0 Å². The van der Waals surface area contributed by atoms with Crippen molar-refractivity contribution in [2.24, 2.45) is 5.10 Å². The Labute approximate surface area is 265 Å². The van der Waals surface area contributed by atoms with E-state index in [9.17, 15) is 14.4 Å².